The van der Waals surface area contributed by atoms with Gasteiger partial charge in [0, 0.05) is 6.42 Å². The van der Waals surface area contributed by atoms with Gasteiger partial charge in [-0.25, -0.2) is 0 Å². The zero-order valence-corrected chi connectivity index (χ0v) is 7.25. The molecule has 1 fully saturated rings. The number of ether oxygens (including phenoxy) is 1. The van der Waals surface area contributed by atoms with Crippen LogP contribution in [0.1, 0.15) is 39.0 Å². The predicted molar refractivity (Wildman–Crippen MR) is 46.2 cm³/mol. The van der Waals surface area contributed by atoms with Crippen molar-refractivity contribution in [1.82, 2.24) is 0 Å². The minimum Gasteiger partial charge on any atom is -0.484 e. The molecule has 0 aliphatic carbocycles. The van der Waals surface area contributed by atoms with Gasteiger partial charge in [0.05, 0.1) is 6.10 Å². The summed E-state index contributed by atoms with van der Waals surface area (Å²) in [5.41, 5.74) is 0. The van der Waals surface area contributed by atoms with Crippen molar-refractivity contribution in [3.63, 3.8) is 0 Å². The number of hydrogen-bond acceptors (Lipinski definition) is 2. The second kappa shape index (κ2) is 3.91. The average molecular weight is 158 g/mol. The summed E-state index contributed by atoms with van der Waals surface area (Å²) in [6.45, 7) is 2.20. The summed E-state index contributed by atoms with van der Waals surface area (Å²) in [5.74, 6) is 0. The van der Waals surface area contributed by atoms with E-state index in [1.807, 2.05) is 0 Å². The minimum absolute atomic E-state index is 0.451. The lowest BCUT2D eigenvalue weighted by molar-refractivity contribution is 0.208. The largest absolute Gasteiger partial charge is 0.484 e. The Morgan fingerprint density at radius 1 is 1.70 bits per heavy atom. The van der Waals surface area contributed by atoms with Crippen molar-refractivity contribution >= 4 is 17.3 Å². The molecule has 0 unspecified atom stereocenters. The second-order valence-electron chi connectivity index (χ2n) is 2.79. The van der Waals surface area contributed by atoms with Crippen molar-refractivity contribution in [1.29, 1.82) is 0 Å². The van der Waals surface area contributed by atoms with E-state index >= 15 is 0 Å². The maximum absolute atomic E-state index is 5.39. The van der Waals surface area contributed by atoms with Crippen LogP contribution < -0.4 is 0 Å². The monoisotopic (exact) mass is 158 g/mol. The van der Waals surface area contributed by atoms with E-state index in [-0.39, 0.29) is 0 Å². The summed E-state index contributed by atoms with van der Waals surface area (Å²) in [6, 6.07) is 0. The number of hydrogen-bond donors (Lipinski definition) is 0. The summed E-state index contributed by atoms with van der Waals surface area (Å²) in [4.78, 5) is 0. The van der Waals surface area contributed by atoms with E-state index in [0.717, 1.165) is 17.9 Å². The summed E-state index contributed by atoms with van der Waals surface area (Å²) >= 11 is 4.92. The standard InChI is InChI=1S/C8H14OS/c1-2-3-4-7-5-6-8(10)9-7/h7H,2-6H2,1H3/t7-/m1/s1. The molecule has 0 amide bonds. The molecule has 1 rings (SSSR count). The lowest BCUT2D eigenvalue weighted by atomic mass is 10.1. The Bertz CT molecular complexity index is 122. The summed E-state index contributed by atoms with van der Waals surface area (Å²) in [6.07, 6.45) is 6.33. The highest BCUT2D eigenvalue weighted by atomic mass is 32.1. The second-order valence-corrected chi connectivity index (χ2v) is 3.25. The van der Waals surface area contributed by atoms with Gasteiger partial charge in [0.25, 0.3) is 0 Å². The van der Waals surface area contributed by atoms with Crippen molar-refractivity contribution in [2.75, 3.05) is 0 Å². The van der Waals surface area contributed by atoms with Gasteiger partial charge in [0.15, 0.2) is 5.05 Å². The van der Waals surface area contributed by atoms with Gasteiger partial charge in [-0.15, -0.1) is 0 Å². The molecule has 58 valence electrons. The van der Waals surface area contributed by atoms with Gasteiger partial charge in [-0.05, 0) is 25.1 Å². The van der Waals surface area contributed by atoms with Crippen LogP contribution in [0.5, 0.6) is 0 Å². The predicted octanol–water partition coefficient (Wildman–Crippen LogP) is 2.68. The van der Waals surface area contributed by atoms with E-state index in [9.17, 15) is 0 Å². The van der Waals surface area contributed by atoms with E-state index in [1.165, 1.54) is 19.3 Å². The van der Waals surface area contributed by atoms with Crippen LogP contribution in [0, 0.1) is 0 Å². The van der Waals surface area contributed by atoms with Crippen LogP contribution in [0.2, 0.25) is 0 Å². The first-order chi connectivity index (χ1) is 4.83. The zero-order chi connectivity index (χ0) is 7.40. The molecule has 0 aromatic heterocycles. The molecule has 1 saturated heterocycles. The Morgan fingerprint density at radius 3 is 3.00 bits per heavy atom. The van der Waals surface area contributed by atoms with Crippen molar-refractivity contribution in [3.05, 3.63) is 0 Å². The molecule has 0 N–H and O–H groups in total. The Morgan fingerprint density at radius 2 is 2.50 bits per heavy atom. The third kappa shape index (κ3) is 2.25. The molecule has 0 spiro atoms. The highest BCUT2D eigenvalue weighted by Gasteiger charge is 2.18. The molecular weight excluding hydrogens is 144 g/mol. The quantitative estimate of drug-likeness (QED) is 0.584. The molecule has 1 atom stereocenters. The summed E-state index contributed by atoms with van der Waals surface area (Å²) in [5, 5.41) is 0.820. The molecule has 0 aromatic carbocycles. The highest BCUT2D eigenvalue weighted by Crippen LogP contribution is 2.19. The topological polar surface area (TPSA) is 9.23 Å². The smallest absolute Gasteiger partial charge is 0.160 e. The molecular formula is C8H14OS. The van der Waals surface area contributed by atoms with Crippen LogP contribution in [-0.4, -0.2) is 11.2 Å². The molecule has 2 heteroatoms. The van der Waals surface area contributed by atoms with Gasteiger partial charge in [0.1, 0.15) is 0 Å². The van der Waals surface area contributed by atoms with Crippen molar-refractivity contribution in [2.45, 2.75) is 45.1 Å². The third-order valence-electron chi connectivity index (χ3n) is 1.85. The molecule has 0 radical (unpaired) electrons. The lowest BCUT2D eigenvalue weighted by Gasteiger charge is -2.07. The third-order valence-corrected chi connectivity index (χ3v) is 2.15. The number of rotatable bonds is 3. The van der Waals surface area contributed by atoms with Gasteiger partial charge < -0.3 is 4.74 Å². The Balaban J connectivity index is 2.12. The molecule has 10 heavy (non-hydrogen) atoms. The van der Waals surface area contributed by atoms with E-state index in [4.69, 9.17) is 17.0 Å². The SMILES string of the molecule is CCCC[C@@H]1CCC(=S)O1. The van der Waals surface area contributed by atoms with Crippen molar-refractivity contribution in [2.24, 2.45) is 0 Å². The van der Waals surface area contributed by atoms with Crippen LogP contribution in [0.3, 0.4) is 0 Å². The maximum atomic E-state index is 5.39. The first-order valence-corrected chi connectivity index (χ1v) is 4.43. The Kier molecular flexibility index (Phi) is 3.13. The van der Waals surface area contributed by atoms with Crippen LogP contribution in [0.25, 0.3) is 0 Å². The van der Waals surface area contributed by atoms with E-state index in [0.29, 0.717) is 6.10 Å². The summed E-state index contributed by atoms with van der Waals surface area (Å²) in [7, 11) is 0. The fourth-order valence-corrected chi connectivity index (χ4v) is 1.47. The normalized spacial score (nSPS) is 24.9. The van der Waals surface area contributed by atoms with Crippen LogP contribution >= 0.6 is 12.2 Å². The molecule has 1 aliphatic rings. The molecule has 0 saturated carbocycles. The molecule has 1 nitrogen and oxygen atoms in total. The van der Waals surface area contributed by atoms with Gasteiger partial charge in [-0.2, -0.15) is 0 Å². The van der Waals surface area contributed by atoms with Crippen LogP contribution in [0.4, 0.5) is 0 Å². The molecule has 0 aromatic rings. The maximum Gasteiger partial charge on any atom is 0.160 e. The van der Waals surface area contributed by atoms with Gasteiger partial charge >= 0.3 is 0 Å². The Labute approximate surface area is 67.8 Å². The fourth-order valence-electron chi connectivity index (χ4n) is 1.22. The van der Waals surface area contributed by atoms with E-state index in [1.54, 1.807) is 0 Å². The first-order valence-electron chi connectivity index (χ1n) is 4.02. The van der Waals surface area contributed by atoms with Gasteiger partial charge in [0.2, 0.25) is 0 Å². The van der Waals surface area contributed by atoms with Crippen molar-refractivity contribution in [3.8, 4) is 0 Å². The van der Waals surface area contributed by atoms with Crippen LogP contribution in [-0.2, 0) is 4.74 Å². The van der Waals surface area contributed by atoms with Gasteiger partial charge in [-0.3, -0.25) is 0 Å². The van der Waals surface area contributed by atoms with E-state index in [2.05, 4.69) is 6.92 Å². The molecule has 1 aliphatic heterocycles. The van der Waals surface area contributed by atoms with Crippen LogP contribution in [0.15, 0.2) is 0 Å². The first kappa shape index (κ1) is 7.99. The lowest BCUT2D eigenvalue weighted by Crippen LogP contribution is -2.04. The highest BCUT2D eigenvalue weighted by molar-refractivity contribution is 7.80. The fraction of sp³-hybridized carbons (Fsp3) is 0.875. The molecule has 0 bridgehead atoms. The molecule has 1 heterocycles. The minimum atomic E-state index is 0.451. The average Bonchev–Trinajstić information content (AvgIpc) is 2.31. The van der Waals surface area contributed by atoms with E-state index < -0.39 is 0 Å². The van der Waals surface area contributed by atoms with Crippen molar-refractivity contribution < 1.29 is 4.74 Å². The number of unbranched alkanes of at least 4 members (excludes halogenated alkanes) is 1. The summed E-state index contributed by atoms with van der Waals surface area (Å²) < 4.78 is 5.39. The zero-order valence-electron chi connectivity index (χ0n) is 6.43. The Hall–Kier alpha value is -0.110. The number of thiocarbonyl (C=S) groups is 1. The van der Waals surface area contributed by atoms with Gasteiger partial charge in [-0.1, -0.05) is 19.8 Å².